The van der Waals surface area contributed by atoms with Crippen LogP contribution < -0.4 is 9.64 Å². The third-order valence-corrected chi connectivity index (χ3v) is 5.34. The Morgan fingerprint density at radius 1 is 1.24 bits per heavy atom. The topological polar surface area (TPSA) is 66.8 Å². The summed E-state index contributed by atoms with van der Waals surface area (Å²) in [6.07, 6.45) is 0.464. The van der Waals surface area contributed by atoms with E-state index in [1.54, 1.807) is 30.3 Å². The van der Waals surface area contributed by atoms with Gasteiger partial charge >= 0.3 is 5.97 Å². The van der Waals surface area contributed by atoms with Crippen molar-refractivity contribution < 1.29 is 19.4 Å². The van der Waals surface area contributed by atoms with E-state index >= 15 is 0 Å². The predicted octanol–water partition coefficient (Wildman–Crippen LogP) is 4.78. The molecule has 2 aromatic rings. The van der Waals surface area contributed by atoms with E-state index in [9.17, 15) is 14.7 Å². The first kappa shape index (κ1) is 16.4. The van der Waals surface area contributed by atoms with Gasteiger partial charge in [-0.15, -0.1) is 0 Å². The number of nitrogens with zero attached hydrogens (tertiary/aromatic N) is 1. The summed E-state index contributed by atoms with van der Waals surface area (Å²) in [5.74, 6) is -0.768. The fourth-order valence-corrected chi connectivity index (χ4v) is 4.02. The van der Waals surface area contributed by atoms with Crippen molar-refractivity contribution in [1.29, 1.82) is 0 Å². The maximum atomic E-state index is 12.7. The van der Waals surface area contributed by atoms with Gasteiger partial charge in [0.1, 0.15) is 5.75 Å². The fourth-order valence-electron chi connectivity index (χ4n) is 3.52. The maximum absolute atomic E-state index is 12.7. The molecule has 2 atom stereocenters. The summed E-state index contributed by atoms with van der Waals surface area (Å²) < 4.78 is 6.84. The summed E-state index contributed by atoms with van der Waals surface area (Å²) in [5.41, 5.74) is 1.18. The van der Waals surface area contributed by atoms with Crippen molar-refractivity contribution >= 4 is 45.1 Å². The Balaban J connectivity index is 2.00. The van der Waals surface area contributed by atoms with Crippen LogP contribution in [0.25, 0.3) is 0 Å². The van der Waals surface area contributed by atoms with E-state index in [1.807, 2.05) is 6.07 Å². The molecule has 2 heterocycles. The molecule has 0 aliphatic carbocycles. The van der Waals surface area contributed by atoms with Gasteiger partial charge in [-0.2, -0.15) is 0 Å². The molecule has 1 amide bonds. The number of benzene rings is 2. The van der Waals surface area contributed by atoms with Crippen LogP contribution in [0.5, 0.6) is 11.5 Å². The largest absolute Gasteiger partial charge is 0.481 e. The maximum Gasteiger partial charge on any atom is 0.308 e. The van der Waals surface area contributed by atoms with E-state index in [0.29, 0.717) is 34.2 Å². The molecule has 7 heteroatoms. The monoisotopic (exact) mass is 421 g/mol. The summed E-state index contributed by atoms with van der Waals surface area (Å²) in [6, 6.07) is 9.80. The number of aliphatic carboxylic acids is 1. The lowest BCUT2D eigenvalue weighted by atomic mass is 9.83. The van der Waals surface area contributed by atoms with Gasteiger partial charge in [0.2, 0.25) is 5.91 Å². The second-order valence-corrected chi connectivity index (χ2v) is 7.44. The molecule has 2 aromatic carbocycles. The van der Waals surface area contributed by atoms with Crippen LogP contribution in [0.3, 0.4) is 0 Å². The first-order valence-electron chi connectivity index (χ1n) is 7.77. The van der Waals surface area contributed by atoms with Gasteiger partial charge in [-0.25, -0.2) is 0 Å². The number of anilines is 1. The third kappa shape index (κ3) is 2.69. The van der Waals surface area contributed by atoms with Crippen molar-refractivity contribution in [3.05, 3.63) is 51.5 Å². The molecule has 2 aliphatic rings. The first-order chi connectivity index (χ1) is 12.0. The fraction of sp³-hybridized carbons (Fsp3) is 0.222. The number of carbonyl (C=O) groups excluding carboxylic acids is 1. The lowest BCUT2D eigenvalue weighted by Crippen LogP contribution is -2.45. The number of amides is 1. The second kappa shape index (κ2) is 6.04. The summed E-state index contributed by atoms with van der Waals surface area (Å²) in [5, 5.41) is 10.2. The number of carbonyl (C=O) groups is 2. The molecule has 25 heavy (non-hydrogen) atoms. The number of halogens is 2. The number of fused-ring (bicyclic) bond motifs is 5. The van der Waals surface area contributed by atoms with E-state index in [-0.39, 0.29) is 12.3 Å². The molecule has 0 radical (unpaired) electrons. The third-order valence-electron chi connectivity index (χ3n) is 4.61. The molecule has 0 saturated carbocycles. The van der Waals surface area contributed by atoms with Gasteiger partial charge < -0.3 is 14.7 Å². The van der Waals surface area contributed by atoms with Gasteiger partial charge in [0.05, 0.1) is 17.6 Å². The minimum atomic E-state index is -0.929. The summed E-state index contributed by atoms with van der Waals surface area (Å²) in [6.45, 7) is 0. The highest BCUT2D eigenvalue weighted by atomic mass is 79.9. The van der Waals surface area contributed by atoms with Crippen molar-refractivity contribution in [2.24, 2.45) is 5.92 Å². The SMILES string of the molecule is O=C(O)[C@@H]1CCC(=O)N2c3cc(Cl)ccc3Oc3cc(Br)ccc3[C@H]12. The number of hydrogen-bond donors (Lipinski definition) is 1. The Morgan fingerprint density at radius 2 is 2.04 bits per heavy atom. The zero-order chi connectivity index (χ0) is 17.7. The number of piperidine rings is 1. The molecule has 128 valence electrons. The summed E-state index contributed by atoms with van der Waals surface area (Å²) in [7, 11) is 0. The highest BCUT2D eigenvalue weighted by Crippen LogP contribution is 2.50. The molecule has 1 fully saturated rings. The van der Waals surface area contributed by atoms with Crippen molar-refractivity contribution in [3.8, 4) is 11.5 Å². The lowest BCUT2D eigenvalue weighted by molar-refractivity contribution is -0.144. The quantitative estimate of drug-likeness (QED) is 0.718. The smallest absolute Gasteiger partial charge is 0.308 e. The number of rotatable bonds is 1. The highest BCUT2D eigenvalue weighted by molar-refractivity contribution is 9.10. The van der Waals surface area contributed by atoms with E-state index in [1.165, 1.54) is 4.90 Å². The zero-order valence-corrected chi connectivity index (χ0v) is 15.3. The van der Waals surface area contributed by atoms with Gasteiger partial charge in [-0.3, -0.25) is 9.59 Å². The van der Waals surface area contributed by atoms with Gasteiger partial charge in [0, 0.05) is 21.5 Å². The van der Waals surface area contributed by atoms with Gasteiger partial charge in [-0.05, 0) is 36.8 Å². The minimum absolute atomic E-state index is 0.134. The molecule has 5 nitrogen and oxygen atoms in total. The standard InChI is InChI=1S/C18H13BrClNO4/c19-9-1-3-11-15(7-9)25-14-5-2-10(20)8-13(14)21-16(22)6-4-12(17(11)21)18(23)24/h1-3,5,7-8,12,17H,4,6H2,(H,23,24)/t12-,17-/m1/s1. The number of hydrogen-bond acceptors (Lipinski definition) is 3. The molecular formula is C18H13BrClNO4. The molecule has 0 aromatic heterocycles. The van der Waals surface area contributed by atoms with Crippen LogP contribution in [0, 0.1) is 5.92 Å². The Kier molecular flexibility index (Phi) is 3.96. The zero-order valence-electron chi connectivity index (χ0n) is 12.9. The molecule has 0 spiro atoms. The lowest BCUT2D eigenvalue weighted by Gasteiger charge is -2.38. The summed E-state index contributed by atoms with van der Waals surface area (Å²) >= 11 is 9.54. The van der Waals surface area contributed by atoms with Gasteiger partial charge in [-0.1, -0.05) is 33.6 Å². The molecule has 2 aliphatic heterocycles. The number of ether oxygens (including phenoxy) is 1. The van der Waals surface area contributed by atoms with E-state index in [0.717, 1.165) is 4.47 Å². The molecule has 0 bridgehead atoms. The Morgan fingerprint density at radius 3 is 2.80 bits per heavy atom. The molecule has 1 N–H and O–H groups in total. The predicted molar refractivity (Wildman–Crippen MR) is 96.3 cm³/mol. The van der Waals surface area contributed by atoms with Crippen molar-refractivity contribution in [1.82, 2.24) is 0 Å². The van der Waals surface area contributed by atoms with E-state index in [2.05, 4.69) is 15.9 Å². The average Bonchev–Trinajstić information content (AvgIpc) is 2.69. The molecular weight excluding hydrogens is 410 g/mol. The first-order valence-corrected chi connectivity index (χ1v) is 8.94. The van der Waals surface area contributed by atoms with Crippen molar-refractivity contribution in [2.45, 2.75) is 18.9 Å². The van der Waals surface area contributed by atoms with Crippen LogP contribution in [-0.2, 0) is 9.59 Å². The van der Waals surface area contributed by atoms with Crippen LogP contribution in [0.2, 0.25) is 5.02 Å². The van der Waals surface area contributed by atoms with Gasteiger partial charge in [0.15, 0.2) is 5.75 Å². The van der Waals surface area contributed by atoms with Crippen LogP contribution in [0.1, 0.15) is 24.4 Å². The van der Waals surface area contributed by atoms with Crippen LogP contribution >= 0.6 is 27.5 Å². The van der Waals surface area contributed by atoms with Crippen LogP contribution in [0.4, 0.5) is 5.69 Å². The highest BCUT2D eigenvalue weighted by Gasteiger charge is 2.45. The molecule has 0 unspecified atom stereocenters. The Hall–Kier alpha value is -2.05. The van der Waals surface area contributed by atoms with Gasteiger partial charge in [0.25, 0.3) is 0 Å². The van der Waals surface area contributed by atoms with Crippen LogP contribution in [-0.4, -0.2) is 17.0 Å². The van der Waals surface area contributed by atoms with Crippen molar-refractivity contribution in [2.75, 3.05) is 4.90 Å². The number of carboxylic acid groups (broad SMARTS) is 1. The van der Waals surface area contributed by atoms with Crippen LogP contribution in [0.15, 0.2) is 40.9 Å². The Bertz CT molecular complexity index is 901. The molecule has 4 rings (SSSR count). The summed E-state index contributed by atoms with van der Waals surface area (Å²) in [4.78, 5) is 26.1. The number of carboxylic acids is 1. The molecule has 1 saturated heterocycles. The van der Waals surface area contributed by atoms with E-state index in [4.69, 9.17) is 16.3 Å². The van der Waals surface area contributed by atoms with E-state index < -0.39 is 17.9 Å². The Labute approximate surface area is 157 Å². The van der Waals surface area contributed by atoms with Crippen molar-refractivity contribution in [3.63, 3.8) is 0 Å². The average molecular weight is 423 g/mol. The normalized spacial score (nSPS) is 21.5. The minimum Gasteiger partial charge on any atom is -0.481 e. The second-order valence-electron chi connectivity index (χ2n) is 6.09.